The maximum absolute atomic E-state index is 12.0. The van der Waals surface area contributed by atoms with Gasteiger partial charge in [0.25, 0.3) is 5.91 Å². The molecule has 1 amide bonds. The Kier molecular flexibility index (Phi) is 4.98. The first-order valence-electron chi connectivity index (χ1n) is 6.29. The first-order valence-corrected chi connectivity index (χ1v) is 7.49. The lowest BCUT2D eigenvalue weighted by Crippen LogP contribution is -2.29. The summed E-state index contributed by atoms with van der Waals surface area (Å²) in [6, 6.07) is 10.6. The molecule has 0 saturated heterocycles. The van der Waals surface area contributed by atoms with Gasteiger partial charge in [0, 0.05) is 5.69 Å². The van der Waals surface area contributed by atoms with E-state index >= 15 is 0 Å². The fraction of sp³-hybridized carbons (Fsp3) is 0.200. The first kappa shape index (κ1) is 15.5. The van der Waals surface area contributed by atoms with Gasteiger partial charge in [-0.3, -0.25) is 4.79 Å². The van der Waals surface area contributed by atoms with Gasteiger partial charge in [-0.05, 0) is 43.7 Å². The van der Waals surface area contributed by atoms with Gasteiger partial charge in [0.15, 0.2) is 6.10 Å². The highest BCUT2D eigenvalue weighted by atomic mass is 35.5. The number of thiophene rings is 1. The van der Waals surface area contributed by atoms with E-state index in [2.05, 4.69) is 5.32 Å². The summed E-state index contributed by atoms with van der Waals surface area (Å²) in [4.78, 5) is 24.2. The number of carbonyl (C=O) groups is 2. The minimum Gasteiger partial charge on any atom is -0.448 e. The lowest BCUT2D eigenvalue weighted by Gasteiger charge is -2.13. The van der Waals surface area contributed by atoms with Crippen LogP contribution >= 0.6 is 22.9 Å². The van der Waals surface area contributed by atoms with Crippen LogP contribution in [-0.2, 0) is 9.53 Å². The van der Waals surface area contributed by atoms with Crippen molar-refractivity contribution in [2.45, 2.75) is 20.0 Å². The Morgan fingerprint density at radius 3 is 2.67 bits per heavy atom. The van der Waals surface area contributed by atoms with Crippen molar-refractivity contribution in [3.8, 4) is 0 Å². The molecule has 110 valence electrons. The summed E-state index contributed by atoms with van der Waals surface area (Å²) < 4.78 is 5.61. The van der Waals surface area contributed by atoms with Crippen LogP contribution in [0, 0.1) is 6.92 Å². The van der Waals surface area contributed by atoms with Crippen molar-refractivity contribution in [2.24, 2.45) is 0 Å². The molecule has 21 heavy (non-hydrogen) atoms. The average molecular weight is 324 g/mol. The molecule has 0 fully saturated rings. The summed E-state index contributed by atoms with van der Waals surface area (Å²) in [6.45, 7) is 3.46. The van der Waals surface area contributed by atoms with Crippen molar-refractivity contribution in [3.05, 3.63) is 51.2 Å². The van der Waals surface area contributed by atoms with E-state index in [-0.39, 0.29) is 5.91 Å². The topological polar surface area (TPSA) is 55.4 Å². The number of nitrogens with one attached hydrogen (secondary N) is 1. The van der Waals surface area contributed by atoms with Gasteiger partial charge in [-0.2, -0.15) is 0 Å². The number of hydrogen-bond donors (Lipinski definition) is 1. The molecule has 0 bridgehead atoms. The van der Waals surface area contributed by atoms with Crippen LogP contribution in [0.25, 0.3) is 0 Å². The normalized spacial score (nSPS) is 11.8. The number of amides is 1. The summed E-state index contributed by atoms with van der Waals surface area (Å²) in [6.07, 6.45) is -0.890. The van der Waals surface area contributed by atoms with Gasteiger partial charge in [-0.25, -0.2) is 4.79 Å². The second-order valence-electron chi connectivity index (χ2n) is 4.51. The molecule has 0 unspecified atom stereocenters. The molecular formula is C15H14ClNO3S. The number of anilines is 1. The molecule has 2 aromatic rings. The van der Waals surface area contributed by atoms with Crippen LogP contribution < -0.4 is 5.32 Å². The van der Waals surface area contributed by atoms with Crippen LogP contribution in [-0.4, -0.2) is 18.0 Å². The van der Waals surface area contributed by atoms with Crippen LogP contribution in [0.4, 0.5) is 5.69 Å². The standard InChI is InChI=1S/C15H14ClNO3S/c1-9-4-3-5-11(8-9)17-14(18)10(2)20-15(19)12-6-7-13(16)21-12/h3-8,10H,1-2H3,(H,17,18)/t10-/m1/s1. The number of ether oxygens (including phenoxy) is 1. The Labute approximate surface area is 131 Å². The molecule has 1 atom stereocenters. The summed E-state index contributed by atoms with van der Waals surface area (Å²) >= 11 is 6.87. The molecule has 6 heteroatoms. The highest BCUT2D eigenvalue weighted by molar-refractivity contribution is 7.17. The van der Waals surface area contributed by atoms with Gasteiger partial charge < -0.3 is 10.1 Å². The molecule has 1 heterocycles. The molecule has 1 N–H and O–H groups in total. The molecule has 1 aromatic carbocycles. The van der Waals surface area contributed by atoms with Gasteiger partial charge in [-0.15, -0.1) is 11.3 Å². The summed E-state index contributed by atoms with van der Waals surface area (Å²) in [5.74, 6) is -0.935. The molecule has 1 aromatic heterocycles. The van der Waals surface area contributed by atoms with E-state index < -0.39 is 12.1 Å². The fourth-order valence-electron chi connectivity index (χ4n) is 1.66. The lowest BCUT2D eigenvalue weighted by atomic mass is 10.2. The van der Waals surface area contributed by atoms with Gasteiger partial charge in [-0.1, -0.05) is 23.7 Å². The largest absolute Gasteiger partial charge is 0.448 e. The SMILES string of the molecule is Cc1cccc(NC(=O)[C@@H](C)OC(=O)c2ccc(Cl)s2)c1. The van der Waals surface area contributed by atoms with Crippen LogP contribution in [0.15, 0.2) is 36.4 Å². The van der Waals surface area contributed by atoms with Crippen molar-refractivity contribution in [1.29, 1.82) is 0 Å². The molecule has 0 aliphatic heterocycles. The van der Waals surface area contributed by atoms with E-state index in [1.54, 1.807) is 18.2 Å². The molecule has 0 saturated carbocycles. The quantitative estimate of drug-likeness (QED) is 0.868. The smallest absolute Gasteiger partial charge is 0.349 e. The Hall–Kier alpha value is -1.85. The number of hydrogen-bond acceptors (Lipinski definition) is 4. The van der Waals surface area contributed by atoms with Gasteiger partial charge in [0.05, 0.1) is 4.34 Å². The fourth-order valence-corrected chi connectivity index (χ4v) is 2.59. The minimum atomic E-state index is -0.890. The second-order valence-corrected chi connectivity index (χ2v) is 6.23. The number of aryl methyl sites for hydroxylation is 1. The van der Waals surface area contributed by atoms with E-state index in [1.807, 2.05) is 25.1 Å². The molecule has 0 aliphatic rings. The highest BCUT2D eigenvalue weighted by Crippen LogP contribution is 2.22. The minimum absolute atomic E-state index is 0.371. The van der Waals surface area contributed by atoms with E-state index in [0.29, 0.717) is 14.9 Å². The summed E-state index contributed by atoms with van der Waals surface area (Å²) in [5, 5.41) is 2.71. The Balaban J connectivity index is 1.95. The van der Waals surface area contributed by atoms with Crippen molar-refractivity contribution in [1.82, 2.24) is 0 Å². The van der Waals surface area contributed by atoms with Crippen LogP contribution in [0.3, 0.4) is 0 Å². The predicted molar refractivity (Wildman–Crippen MR) is 84.0 cm³/mol. The van der Waals surface area contributed by atoms with Crippen LogP contribution in [0.5, 0.6) is 0 Å². The second kappa shape index (κ2) is 6.74. The monoisotopic (exact) mass is 323 g/mol. The first-order chi connectivity index (χ1) is 9.95. The van der Waals surface area contributed by atoms with Crippen molar-refractivity contribution >= 4 is 40.5 Å². The maximum atomic E-state index is 12.0. The Bertz CT molecular complexity index is 668. The Morgan fingerprint density at radius 2 is 2.05 bits per heavy atom. The number of rotatable bonds is 4. The maximum Gasteiger partial charge on any atom is 0.349 e. The van der Waals surface area contributed by atoms with E-state index in [4.69, 9.17) is 16.3 Å². The zero-order valence-corrected chi connectivity index (χ0v) is 13.1. The van der Waals surface area contributed by atoms with Crippen molar-refractivity contribution in [3.63, 3.8) is 0 Å². The molecule has 0 aliphatic carbocycles. The van der Waals surface area contributed by atoms with Gasteiger partial charge >= 0.3 is 5.97 Å². The summed E-state index contributed by atoms with van der Waals surface area (Å²) in [7, 11) is 0. The van der Waals surface area contributed by atoms with Crippen LogP contribution in [0.2, 0.25) is 4.34 Å². The third-order valence-electron chi connectivity index (χ3n) is 2.71. The van der Waals surface area contributed by atoms with Crippen LogP contribution in [0.1, 0.15) is 22.2 Å². The molecule has 0 radical (unpaired) electrons. The molecule has 2 rings (SSSR count). The average Bonchev–Trinajstić information content (AvgIpc) is 2.85. The zero-order chi connectivity index (χ0) is 15.4. The van der Waals surface area contributed by atoms with E-state index in [0.717, 1.165) is 16.9 Å². The molecular weight excluding hydrogens is 310 g/mol. The number of carbonyl (C=O) groups excluding carboxylic acids is 2. The molecule has 0 spiro atoms. The number of halogens is 1. The zero-order valence-electron chi connectivity index (χ0n) is 11.6. The predicted octanol–water partition coefficient (Wildman–Crippen LogP) is 3.89. The van der Waals surface area contributed by atoms with Gasteiger partial charge in [0.1, 0.15) is 4.88 Å². The highest BCUT2D eigenvalue weighted by Gasteiger charge is 2.20. The number of esters is 1. The summed E-state index contributed by atoms with van der Waals surface area (Å²) in [5.41, 5.74) is 1.70. The number of benzene rings is 1. The lowest BCUT2D eigenvalue weighted by molar-refractivity contribution is -0.123. The third kappa shape index (κ3) is 4.31. The van der Waals surface area contributed by atoms with Gasteiger partial charge in [0.2, 0.25) is 0 Å². The van der Waals surface area contributed by atoms with E-state index in [1.165, 1.54) is 6.92 Å². The Morgan fingerprint density at radius 1 is 1.29 bits per heavy atom. The van der Waals surface area contributed by atoms with Crippen molar-refractivity contribution in [2.75, 3.05) is 5.32 Å². The van der Waals surface area contributed by atoms with Crippen molar-refractivity contribution < 1.29 is 14.3 Å². The third-order valence-corrected chi connectivity index (χ3v) is 3.92. The van der Waals surface area contributed by atoms with E-state index in [9.17, 15) is 9.59 Å². The molecule has 4 nitrogen and oxygen atoms in total.